The molecule has 1 amide bonds. The van der Waals surface area contributed by atoms with Gasteiger partial charge in [-0.3, -0.25) is 4.79 Å². The standard InChI is InChI=1S/C15H13BrClNO/c1-9-6-7-11(17)8-12(9)15(19)18-13-5-3-4-10(2)14(13)16/h3-8H,1-2H3,(H,18,19). The predicted octanol–water partition coefficient (Wildman–Crippen LogP) is 4.97. The molecule has 2 aromatic carbocycles. The molecule has 0 fully saturated rings. The summed E-state index contributed by atoms with van der Waals surface area (Å²) in [6, 6.07) is 11.0. The highest BCUT2D eigenvalue weighted by atomic mass is 79.9. The number of halogens is 2. The number of carbonyl (C=O) groups is 1. The lowest BCUT2D eigenvalue weighted by molar-refractivity contribution is 0.102. The summed E-state index contributed by atoms with van der Waals surface area (Å²) >= 11 is 9.40. The molecule has 0 saturated carbocycles. The summed E-state index contributed by atoms with van der Waals surface area (Å²) < 4.78 is 0.892. The van der Waals surface area contributed by atoms with E-state index in [1.165, 1.54) is 0 Å². The Morgan fingerprint density at radius 2 is 1.89 bits per heavy atom. The van der Waals surface area contributed by atoms with E-state index >= 15 is 0 Å². The molecular weight excluding hydrogens is 326 g/mol. The van der Waals surface area contributed by atoms with Crippen LogP contribution in [0.3, 0.4) is 0 Å². The molecule has 0 unspecified atom stereocenters. The summed E-state index contributed by atoms with van der Waals surface area (Å²) in [4.78, 5) is 12.3. The van der Waals surface area contributed by atoms with Crippen LogP contribution in [-0.4, -0.2) is 5.91 Å². The fourth-order valence-corrected chi connectivity index (χ4v) is 2.31. The molecule has 0 bridgehead atoms. The Kier molecular flexibility index (Phi) is 4.27. The van der Waals surface area contributed by atoms with Crippen molar-refractivity contribution in [3.8, 4) is 0 Å². The van der Waals surface area contributed by atoms with E-state index in [9.17, 15) is 4.79 Å². The topological polar surface area (TPSA) is 29.1 Å². The van der Waals surface area contributed by atoms with Gasteiger partial charge < -0.3 is 5.32 Å². The third-order valence-corrected chi connectivity index (χ3v) is 4.17. The lowest BCUT2D eigenvalue weighted by Crippen LogP contribution is -2.13. The van der Waals surface area contributed by atoms with Crippen LogP contribution in [0.25, 0.3) is 0 Å². The molecule has 0 heterocycles. The van der Waals surface area contributed by atoms with E-state index in [-0.39, 0.29) is 5.91 Å². The Bertz CT molecular complexity index is 640. The number of hydrogen-bond acceptors (Lipinski definition) is 1. The number of amides is 1. The fourth-order valence-electron chi connectivity index (χ4n) is 1.77. The average Bonchev–Trinajstić information content (AvgIpc) is 2.38. The van der Waals surface area contributed by atoms with Gasteiger partial charge in [0.25, 0.3) is 5.91 Å². The van der Waals surface area contributed by atoms with Gasteiger partial charge in [0.2, 0.25) is 0 Å². The molecule has 0 atom stereocenters. The first-order valence-electron chi connectivity index (χ1n) is 5.81. The molecule has 0 aliphatic heterocycles. The van der Waals surface area contributed by atoms with Crippen LogP contribution in [0.2, 0.25) is 5.02 Å². The van der Waals surface area contributed by atoms with Crippen molar-refractivity contribution >= 4 is 39.1 Å². The average molecular weight is 339 g/mol. The number of nitrogens with one attached hydrogen (secondary N) is 1. The van der Waals surface area contributed by atoms with Gasteiger partial charge in [0.05, 0.1) is 5.69 Å². The zero-order valence-corrected chi connectivity index (χ0v) is 13.0. The molecular formula is C15H13BrClNO. The van der Waals surface area contributed by atoms with Crippen molar-refractivity contribution in [2.24, 2.45) is 0 Å². The SMILES string of the molecule is Cc1ccc(Cl)cc1C(=O)Nc1cccc(C)c1Br. The molecule has 2 aromatic rings. The first kappa shape index (κ1) is 14.1. The highest BCUT2D eigenvalue weighted by molar-refractivity contribution is 9.10. The number of aryl methyl sites for hydroxylation is 2. The molecule has 0 spiro atoms. The Morgan fingerprint density at radius 1 is 1.16 bits per heavy atom. The van der Waals surface area contributed by atoms with E-state index in [0.717, 1.165) is 21.3 Å². The number of anilines is 1. The van der Waals surface area contributed by atoms with Gasteiger partial charge in [0.15, 0.2) is 0 Å². The molecule has 4 heteroatoms. The second-order valence-corrected chi connectivity index (χ2v) is 5.58. The molecule has 0 aromatic heterocycles. The van der Waals surface area contributed by atoms with Crippen molar-refractivity contribution in [2.75, 3.05) is 5.32 Å². The van der Waals surface area contributed by atoms with Crippen LogP contribution in [0.4, 0.5) is 5.69 Å². The zero-order chi connectivity index (χ0) is 14.0. The van der Waals surface area contributed by atoms with Crippen LogP contribution in [-0.2, 0) is 0 Å². The molecule has 2 nitrogen and oxygen atoms in total. The molecule has 1 N–H and O–H groups in total. The molecule has 98 valence electrons. The maximum atomic E-state index is 12.3. The summed E-state index contributed by atoms with van der Waals surface area (Å²) in [5.41, 5.74) is 3.30. The predicted molar refractivity (Wildman–Crippen MR) is 83.0 cm³/mol. The van der Waals surface area contributed by atoms with Crippen molar-refractivity contribution in [3.63, 3.8) is 0 Å². The van der Waals surface area contributed by atoms with Crippen LogP contribution in [0.15, 0.2) is 40.9 Å². The van der Waals surface area contributed by atoms with Gasteiger partial charge in [-0.2, -0.15) is 0 Å². The summed E-state index contributed by atoms with van der Waals surface area (Å²) in [5, 5.41) is 3.45. The minimum Gasteiger partial charge on any atom is -0.321 e. The summed E-state index contributed by atoms with van der Waals surface area (Å²) in [5.74, 6) is -0.161. The van der Waals surface area contributed by atoms with Crippen molar-refractivity contribution in [2.45, 2.75) is 13.8 Å². The second-order valence-electron chi connectivity index (χ2n) is 4.35. The van der Waals surface area contributed by atoms with E-state index in [4.69, 9.17) is 11.6 Å². The third-order valence-electron chi connectivity index (χ3n) is 2.88. The summed E-state index contributed by atoms with van der Waals surface area (Å²) in [6.07, 6.45) is 0. The lowest BCUT2D eigenvalue weighted by Gasteiger charge is -2.11. The van der Waals surface area contributed by atoms with Gasteiger partial charge in [0.1, 0.15) is 0 Å². The van der Waals surface area contributed by atoms with E-state index in [2.05, 4.69) is 21.2 Å². The van der Waals surface area contributed by atoms with E-state index in [1.54, 1.807) is 12.1 Å². The van der Waals surface area contributed by atoms with Crippen LogP contribution in [0, 0.1) is 13.8 Å². The molecule has 0 saturated heterocycles. The lowest BCUT2D eigenvalue weighted by atomic mass is 10.1. The van der Waals surface area contributed by atoms with E-state index in [1.807, 2.05) is 38.1 Å². The van der Waals surface area contributed by atoms with Gasteiger partial charge in [0, 0.05) is 15.1 Å². The minimum atomic E-state index is -0.161. The maximum absolute atomic E-state index is 12.3. The molecule has 19 heavy (non-hydrogen) atoms. The Morgan fingerprint density at radius 3 is 2.63 bits per heavy atom. The van der Waals surface area contributed by atoms with E-state index in [0.29, 0.717) is 10.6 Å². The van der Waals surface area contributed by atoms with Crippen molar-refractivity contribution in [1.82, 2.24) is 0 Å². The summed E-state index contributed by atoms with van der Waals surface area (Å²) in [6.45, 7) is 3.86. The normalized spacial score (nSPS) is 10.3. The fraction of sp³-hybridized carbons (Fsp3) is 0.133. The molecule has 0 aliphatic carbocycles. The molecule has 0 radical (unpaired) electrons. The number of rotatable bonds is 2. The van der Waals surface area contributed by atoms with Crippen LogP contribution in [0.1, 0.15) is 21.5 Å². The first-order chi connectivity index (χ1) is 8.99. The molecule has 0 aliphatic rings. The smallest absolute Gasteiger partial charge is 0.256 e. The van der Waals surface area contributed by atoms with Crippen LogP contribution < -0.4 is 5.32 Å². The highest BCUT2D eigenvalue weighted by Gasteiger charge is 2.12. The second kappa shape index (κ2) is 5.76. The Labute approximate surface area is 125 Å². The van der Waals surface area contributed by atoms with Gasteiger partial charge in [-0.1, -0.05) is 29.8 Å². The van der Waals surface area contributed by atoms with E-state index < -0.39 is 0 Å². The quantitative estimate of drug-likeness (QED) is 0.823. The monoisotopic (exact) mass is 337 g/mol. The number of benzene rings is 2. The van der Waals surface area contributed by atoms with Crippen molar-refractivity contribution in [1.29, 1.82) is 0 Å². The highest BCUT2D eigenvalue weighted by Crippen LogP contribution is 2.26. The van der Waals surface area contributed by atoms with Crippen LogP contribution >= 0.6 is 27.5 Å². The van der Waals surface area contributed by atoms with Crippen molar-refractivity contribution in [3.05, 3.63) is 62.6 Å². The summed E-state index contributed by atoms with van der Waals surface area (Å²) in [7, 11) is 0. The third kappa shape index (κ3) is 3.17. The van der Waals surface area contributed by atoms with Gasteiger partial charge >= 0.3 is 0 Å². The van der Waals surface area contributed by atoms with Crippen LogP contribution in [0.5, 0.6) is 0 Å². The molecule has 2 rings (SSSR count). The minimum absolute atomic E-state index is 0.161. The van der Waals surface area contributed by atoms with Gasteiger partial charge in [-0.05, 0) is 59.1 Å². The number of carbonyl (C=O) groups excluding carboxylic acids is 1. The van der Waals surface area contributed by atoms with Gasteiger partial charge in [-0.15, -0.1) is 0 Å². The maximum Gasteiger partial charge on any atom is 0.256 e. The van der Waals surface area contributed by atoms with Gasteiger partial charge in [-0.25, -0.2) is 0 Å². The Hall–Kier alpha value is -1.32. The first-order valence-corrected chi connectivity index (χ1v) is 6.99. The number of hydrogen-bond donors (Lipinski definition) is 1. The Balaban J connectivity index is 2.31. The zero-order valence-electron chi connectivity index (χ0n) is 10.6. The largest absolute Gasteiger partial charge is 0.321 e. The van der Waals surface area contributed by atoms with Crippen molar-refractivity contribution < 1.29 is 4.79 Å².